The number of carbonyl (C=O) groups is 1. The highest BCUT2D eigenvalue weighted by Gasteiger charge is 2.32. The van der Waals surface area contributed by atoms with Crippen molar-refractivity contribution in [2.24, 2.45) is 5.92 Å². The quantitative estimate of drug-likeness (QED) is 0.764. The first-order valence-corrected chi connectivity index (χ1v) is 9.07. The molecule has 7 nitrogen and oxygen atoms in total. The van der Waals surface area contributed by atoms with Crippen molar-refractivity contribution in [2.75, 3.05) is 27.6 Å². The molecular formula is C21H22O7. The number of aromatic hydroxyl groups is 1. The zero-order chi connectivity index (χ0) is 19.7. The van der Waals surface area contributed by atoms with Crippen LogP contribution in [0.25, 0.3) is 0 Å². The highest BCUT2D eigenvalue weighted by molar-refractivity contribution is 5.57. The highest BCUT2D eigenvalue weighted by atomic mass is 16.7. The minimum Gasteiger partial charge on any atom is -0.502 e. The van der Waals surface area contributed by atoms with Gasteiger partial charge in [-0.25, -0.2) is 0 Å². The number of phenols is 1. The fourth-order valence-electron chi connectivity index (χ4n) is 4.09. The van der Waals surface area contributed by atoms with Gasteiger partial charge in [0.25, 0.3) is 6.47 Å². The molecule has 0 radical (unpaired) electrons. The van der Waals surface area contributed by atoms with Crippen LogP contribution in [-0.4, -0.2) is 39.2 Å². The predicted molar refractivity (Wildman–Crippen MR) is 99.4 cm³/mol. The standard InChI is InChI=1S/C21H22O7/c1-24-19-6-14(7-20(25-2)21(19)23)15-4-12(9-26-10-22)3-13-5-17-18(8-16(13)15)28-11-27-17/h5-8,10,12,15,23H,3-4,9,11H2,1-2H3/t12?,15-/m1/s1. The Morgan fingerprint density at radius 2 is 1.79 bits per heavy atom. The third-order valence-electron chi connectivity index (χ3n) is 5.39. The summed E-state index contributed by atoms with van der Waals surface area (Å²) in [5.74, 6) is 2.29. The van der Waals surface area contributed by atoms with E-state index in [9.17, 15) is 9.90 Å². The van der Waals surface area contributed by atoms with Crippen molar-refractivity contribution < 1.29 is 33.6 Å². The second-order valence-corrected chi connectivity index (χ2v) is 6.97. The van der Waals surface area contributed by atoms with E-state index in [1.807, 2.05) is 24.3 Å². The maximum Gasteiger partial charge on any atom is 0.293 e. The summed E-state index contributed by atoms with van der Waals surface area (Å²) in [7, 11) is 3.01. The number of benzene rings is 2. The molecule has 0 saturated carbocycles. The van der Waals surface area contributed by atoms with Crippen molar-refractivity contribution in [1.82, 2.24) is 0 Å². The van der Waals surface area contributed by atoms with Crippen molar-refractivity contribution in [3.63, 3.8) is 0 Å². The van der Waals surface area contributed by atoms with Crippen LogP contribution in [0, 0.1) is 5.92 Å². The van der Waals surface area contributed by atoms with E-state index in [4.69, 9.17) is 23.7 Å². The van der Waals surface area contributed by atoms with Gasteiger partial charge < -0.3 is 28.8 Å². The molecule has 0 amide bonds. The van der Waals surface area contributed by atoms with E-state index in [2.05, 4.69) is 0 Å². The molecule has 1 heterocycles. The maximum absolute atomic E-state index is 10.7. The summed E-state index contributed by atoms with van der Waals surface area (Å²) in [6, 6.07) is 7.66. The van der Waals surface area contributed by atoms with Crippen LogP contribution < -0.4 is 18.9 Å². The van der Waals surface area contributed by atoms with Crippen molar-refractivity contribution in [2.45, 2.75) is 18.8 Å². The Morgan fingerprint density at radius 1 is 1.11 bits per heavy atom. The van der Waals surface area contributed by atoms with E-state index < -0.39 is 0 Å². The van der Waals surface area contributed by atoms with Crippen LogP contribution in [0.4, 0.5) is 0 Å². The van der Waals surface area contributed by atoms with Gasteiger partial charge in [0, 0.05) is 5.92 Å². The average Bonchev–Trinajstić information content (AvgIpc) is 3.17. The van der Waals surface area contributed by atoms with Gasteiger partial charge >= 0.3 is 0 Å². The second kappa shape index (κ2) is 7.50. The lowest BCUT2D eigenvalue weighted by atomic mass is 9.74. The molecule has 1 N–H and O–H groups in total. The summed E-state index contributed by atoms with van der Waals surface area (Å²) in [6.45, 7) is 1.04. The molecular weight excluding hydrogens is 364 g/mol. The van der Waals surface area contributed by atoms with Gasteiger partial charge in [0.1, 0.15) is 0 Å². The summed E-state index contributed by atoms with van der Waals surface area (Å²) in [4.78, 5) is 10.7. The Labute approximate surface area is 162 Å². The number of hydrogen-bond acceptors (Lipinski definition) is 7. The first-order chi connectivity index (χ1) is 13.6. The molecule has 0 spiro atoms. The average molecular weight is 386 g/mol. The summed E-state index contributed by atoms with van der Waals surface area (Å²) < 4.78 is 26.8. The van der Waals surface area contributed by atoms with E-state index in [0.717, 1.165) is 41.0 Å². The van der Waals surface area contributed by atoms with Crippen LogP contribution in [-0.2, 0) is 16.0 Å². The zero-order valence-electron chi connectivity index (χ0n) is 15.8. The number of methoxy groups -OCH3 is 2. The van der Waals surface area contributed by atoms with Crippen LogP contribution in [0.15, 0.2) is 24.3 Å². The van der Waals surface area contributed by atoms with Gasteiger partial charge in [-0.2, -0.15) is 0 Å². The molecule has 1 unspecified atom stereocenters. The monoisotopic (exact) mass is 386 g/mol. The Hall–Kier alpha value is -3.09. The number of rotatable bonds is 6. The summed E-state index contributed by atoms with van der Waals surface area (Å²) >= 11 is 0. The molecule has 7 heteroatoms. The Kier molecular flexibility index (Phi) is 4.90. The molecule has 0 saturated heterocycles. The van der Waals surface area contributed by atoms with Gasteiger partial charge in [-0.05, 0) is 59.7 Å². The van der Waals surface area contributed by atoms with Crippen LogP contribution in [0.5, 0.6) is 28.7 Å². The molecule has 0 aromatic heterocycles. The molecule has 148 valence electrons. The normalized spacial score (nSPS) is 19.6. The van der Waals surface area contributed by atoms with Crippen molar-refractivity contribution in [1.29, 1.82) is 0 Å². The number of carbonyl (C=O) groups excluding carboxylic acids is 1. The van der Waals surface area contributed by atoms with Gasteiger partial charge in [0.2, 0.25) is 12.5 Å². The lowest BCUT2D eigenvalue weighted by molar-refractivity contribution is -0.130. The molecule has 0 bridgehead atoms. The molecule has 2 atom stereocenters. The molecule has 2 aromatic carbocycles. The number of fused-ring (bicyclic) bond motifs is 2. The summed E-state index contributed by atoms with van der Waals surface area (Å²) in [5.41, 5.74) is 3.20. The molecule has 2 aromatic rings. The van der Waals surface area contributed by atoms with Crippen molar-refractivity contribution in [3.05, 3.63) is 41.0 Å². The predicted octanol–water partition coefficient (Wildman–Crippen LogP) is 3.01. The third-order valence-corrected chi connectivity index (χ3v) is 5.39. The van der Waals surface area contributed by atoms with Crippen LogP contribution in [0.1, 0.15) is 29.0 Å². The minimum absolute atomic E-state index is 0.00176. The maximum atomic E-state index is 10.7. The number of phenolic OH excluding ortho intramolecular Hbond substituents is 1. The summed E-state index contributed by atoms with van der Waals surface area (Å²) in [6.07, 6.45) is 1.56. The molecule has 1 aliphatic heterocycles. The zero-order valence-corrected chi connectivity index (χ0v) is 15.8. The Bertz CT molecular complexity index is 868. The van der Waals surface area contributed by atoms with E-state index in [-0.39, 0.29) is 24.4 Å². The lowest BCUT2D eigenvalue weighted by Crippen LogP contribution is -2.23. The van der Waals surface area contributed by atoms with E-state index in [1.54, 1.807) is 0 Å². The van der Waals surface area contributed by atoms with Gasteiger partial charge in [-0.1, -0.05) is 0 Å². The largest absolute Gasteiger partial charge is 0.502 e. The molecule has 0 fully saturated rings. The fraction of sp³-hybridized carbons (Fsp3) is 0.381. The van der Waals surface area contributed by atoms with E-state index >= 15 is 0 Å². The smallest absolute Gasteiger partial charge is 0.293 e. The van der Waals surface area contributed by atoms with Crippen LogP contribution in [0.2, 0.25) is 0 Å². The topological polar surface area (TPSA) is 83.5 Å². The van der Waals surface area contributed by atoms with E-state index in [0.29, 0.717) is 24.6 Å². The molecule has 28 heavy (non-hydrogen) atoms. The summed E-state index contributed by atoms with van der Waals surface area (Å²) in [5, 5.41) is 10.3. The van der Waals surface area contributed by atoms with Gasteiger partial charge in [-0.3, -0.25) is 4.79 Å². The minimum atomic E-state index is -0.0312. The third kappa shape index (κ3) is 3.17. The van der Waals surface area contributed by atoms with Crippen molar-refractivity contribution >= 4 is 6.47 Å². The second-order valence-electron chi connectivity index (χ2n) is 6.97. The molecule has 1 aliphatic carbocycles. The first-order valence-electron chi connectivity index (χ1n) is 9.07. The highest BCUT2D eigenvalue weighted by Crippen LogP contribution is 2.48. The SMILES string of the molecule is COc1cc([C@H]2CC(COC=O)Cc3cc4c(cc32)OCO4)cc(OC)c1O. The Balaban J connectivity index is 1.80. The van der Waals surface area contributed by atoms with Gasteiger partial charge in [-0.15, -0.1) is 0 Å². The van der Waals surface area contributed by atoms with Crippen molar-refractivity contribution in [3.8, 4) is 28.7 Å². The van der Waals surface area contributed by atoms with Gasteiger partial charge in [0.15, 0.2) is 23.0 Å². The van der Waals surface area contributed by atoms with E-state index in [1.165, 1.54) is 14.2 Å². The van der Waals surface area contributed by atoms with Crippen LogP contribution >= 0.6 is 0 Å². The number of hydrogen-bond donors (Lipinski definition) is 1. The van der Waals surface area contributed by atoms with Gasteiger partial charge in [0.05, 0.1) is 20.8 Å². The first kappa shape index (κ1) is 18.3. The van der Waals surface area contributed by atoms with Crippen LogP contribution in [0.3, 0.4) is 0 Å². The molecule has 4 rings (SSSR count). The number of ether oxygens (including phenoxy) is 5. The Morgan fingerprint density at radius 3 is 2.43 bits per heavy atom. The lowest BCUT2D eigenvalue weighted by Gasteiger charge is -2.32. The molecule has 2 aliphatic rings. The fourth-order valence-corrected chi connectivity index (χ4v) is 4.09.